The maximum atomic E-state index is 13.2. The second-order valence-corrected chi connectivity index (χ2v) is 7.39. The molecule has 0 aliphatic heterocycles. The Labute approximate surface area is 153 Å². The first-order valence-electron chi connectivity index (χ1n) is 9.44. The summed E-state index contributed by atoms with van der Waals surface area (Å²) in [6.07, 6.45) is 5.29. The molecule has 1 atom stereocenters. The number of primary amides is 1. The van der Waals surface area contributed by atoms with Crippen LogP contribution in [0.15, 0.2) is 48.5 Å². The molecule has 2 aliphatic rings. The van der Waals surface area contributed by atoms with Gasteiger partial charge in [-0.1, -0.05) is 67.8 Å². The average Bonchev–Trinajstić information content (AvgIpc) is 3.01. The standard InChI is InChI=1S/C22H24N2O2/c23-21(25)20(14-8-2-1-3-9-14)24-22(26)19-17-12-6-4-10-15(17)16-11-5-7-13-18(16)19/h4-7,10-14,19-20H,1-3,8-9H2,(H2,23,25)(H,24,26)/t20-/m0/s1. The van der Waals surface area contributed by atoms with Crippen molar-refractivity contribution in [1.82, 2.24) is 5.32 Å². The highest BCUT2D eigenvalue weighted by Gasteiger charge is 2.36. The molecule has 2 aromatic carbocycles. The summed E-state index contributed by atoms with van der Waals surface area (Å²) in [6, 6.07) is 15.4. The fourth-order valence-electron chi connectivity index (χ4n) is 4.56. The highest BCUT2D eigenvalue weighted by molar-refractivity contribution is 5.98. The quantitative estimate of drug-likeness (QED) is 0.889. The largest absolute Gasteiger partial charge is 0.368 e. The number of fused-ring (bicyclic) bond motifs is 3. The Hall–Kier alpha value is -2.62. The van der Waals surface area contributed by atoms with Crippen LogP contribution in [0.1, 0.15) is 49.1 Å². The molecule has 2 amide bonds. The van der Waals surface area contributed by atoms with Crippen LogP contribution in [0.4, 0.5) is 0 Å². The van der Waals surface area contributed by atoms with Crippen molar-refractivity contribution in [1.29, 1.82) is 0 Å². The van der Waals surface area contributed by atoms with Crippen molar-refractivity contribution in [2.45, 2.75) is 44.1 Å². The first-order chi connectivity index (χ1) is 12.7. The van der Waals surface area contributed by atoms with E-state index in [1.165, 1.54) is 6.42 Å². The van der Waals surface area contributed by atoms with Crippen molar-refractivity contribution < 1.29 is 9.59 Å². The number of nitrogens with two attached hydrogens (primary N) is 1. The minimum atomic E-state index is -0.581. The van der Waals surface area contributed by atoms with Crippen LogP contribution < -0.4 is 11.1 Å². The Bertz CT molecular complexity index is 794. The van der Waals surface area contributed by atoms with Gasteiger partial charge >= 0.3 is 0 Å². The summed E-state index contributed by atoms with van der Waals surface area (Å²) >= 11 is 0. The van der Waals surface area contributed by atoms with E-state index in [2.05, 4.69) is 5.32 Å². The van der Waals surface area contributed by atoms with E-state index in [0.29, 0.717) is 0 Å². The van der Waals surface area contributed by atoms with Gasteiger partial charge in [-0.3, -0.25) is 9.59 Å². The lowest BCUT2D eigenvalue weighted by atomic mass is 9.83. The molecular weight excluding hydrogens is 324 g/mol. The van der Waals surface area contributed by atoms with Crippen molar-refractivity contribution in [3.8, 4) is 11.1 Å². The smallest absolute Gasteiger partial charge is 0.240 e. The van der Waals surface area contributed by atoms with Crippen LogP contribution in [0.3, 0.4) is 0 Å². The number of benzene rings is 2. The maximum absolute atomic E-state index is 13.2. The van der Waals surface area contributed by atoms with Crippen LogP contribution in [0.25, 0.3) is 11.1 Å². The Morgan fingerprint density at radius 3 is 1.96 bits per heavy atom. The lowest BCUT2D eigenvalue weighted by Gasteiger charge is -2.29. The molecule has 1 saturated carbocycles. The van der Waals surface area contributed by atoms with Crippen LogP contribution in [-0.4, -0.2) is 17.9 Å². The third-order valence-corrected chi connectivity index (χ3v) is 5.82. The molecule has 0 heterocycles. The summed E-state index contributed by atoms with van der Waals surface area (Å²) in [5.41, 5.74) is 9.83. The van der Waals surface area contributed by atoms with E-state index in [0.717, 1.165) is 47.9 Å². The molecule has 0 bridgehead atoms. The van der Waals surface area contributed by atoms with Crippen molar-refractivity contribution in [3.05, 3.63) is 59.7 Å². The van der Waals surface area contributed by atoms with Gasteiger partial charge in [0, 0.05) is 0 Å². The monoisotopic (exact) mass is 348 g/mol. The van der Waals surface area contributed by atoms with Gasteiger partial charge < -0.3 is 11.1 Å². The van der Waals surface area contributed by atoms with E-state index in [-0.39, 0.29) is 17.7 Å². The van der Waals surface area contributed by atoms with Gasteiger partial charge in [0.2, 0.25) is 11.8 Å². The fraction of sp³-hybridized carbons (Fsp3) is 0.364. The molecule has 0 aromatic heterocycles. The Balaban J connectivity index is 1.64. The summed E-state index contributed by atoms with van der Waals surface area (Å²) in [4.78, 5) is 25.3. The molecule has 4 nitrogen and oxygen atoms in total. The van der Waals surface area contributed by atoms with Crippen molar-refractivity contribution in [2.24, 2.45) is 11.7 Å². The number of hydrogen-bond donors (Lipinski definition) is 2. The molecular formula is C22H24N2O2. The lowest BCUT2D eigenvalue weighted by molar-refractivity contribution is -0.129. The predicted molar refractivity (Wildman–Crippen MR) is 101 cm³/mol. The van der Waals surface area contributed by atoms with Crippen molar-refractivity contribution in [3.63, 3.8) is 0 Å². The number of amides is 2. The molecule has 0 unspecified atom stereocenters. The van der Waals surface area contributed by atoms with Gasteiger partial charge in [-0.25, -0.2) is 0 Å². The minimum absolute atomic E-state index is 0.128. The molecule has 134 valence electrons. The van der Waals surface area contributed by atoms with Gasteiger partial charge in [0.25, 0.3) is 0 Å². The average molecular weight is 348 g/mol. The fourth-order valence-corrected chi connectivity index (χ4v) is 4.56. The normalized spacial score (nSPS) is 18.0. The summed E-state index contributed by atoms with van der Waals surface area (Å²) in [6.45, 7) is 0. The second-order valence-electron chi connectivity index (χ2n) is 7.39. The summed E-state index contributed by atoms with van der Waals surface area (Å²) in [5, 5.41) is 3.00. The van der Waals surface area contributed by atoms with E-state index in [1.54, 1.807) is 0 Å². The Morgan fingerprint density at radius 2 is 1.42 bits per heavy atom. The molecule has 4 rings (SSSR count). The van der Waals surface area contributed by atoms with E-state index in [9.17, 15) is 9.59 Å². The van der Waals surface area contributed by atoms with Gasteiger partial charge in [0.15, 0.2) is 0 Å². The SMILES string of the molecule is NC(=O)[C@@H](NC(=O)C1c2ccccc2-c2ccccc21)C1CCCCC1. The molecule has 2 aromatic rings. The van der Waals surface area contributed by atoms with Gasteiger partial charge in [0.1, 0.15) is 6.04 Å². The molecule has 0 saturated heterocycles. The summed E-state index contributed by atoms with van der Waals surface area (Å²) in [7, 11) is 0. The summed E-state index contributed by atoms with van der Waals surface area (Å²) < 4.78 is 0. The topological polar surface area (TPSA) is 72.2 Å². The van der Waals surface area contributed by atoms with Crippen LogP contribution in [-0.2, 0) is 9.59 Å². The molecule has 3 N–H and O–H groups in total. The number of carbonyl (C=O) groups is 2. The third kappa shape index (κ3) is 2.90. The van der Waals surface area contributed by atoms with E-state index in [1.807, 2.05) is 48.5 Å². The van der Waals surface area contributed by atoms with Crippen LogP contribution >= 0.6 is 0 Å². The molecule has 2 aliphatic carbocycles. The Kier molecular flexibility index (Phi) is 4.49. The zero-order valence-corrected chi connectivity index (χ0v) is 14.8. The lowest BCUT2D eigenvalue weighted by Crippen LogP contribution is -2.50. The molecule has 0 radical (unpaired) electrons. The zero-order valence-electron chi connectivity index (χ0n) is 14.8. The first kappa shape index (κ1) is 16.8. The number of carbonyl (C=O) groups excluding carboxylic acids is 2. The third-order valence-electron chi connectivity index (χ3n) is 5.82. The van der Waals surface area contributed by atoms with Gasteiger partial charge in [-0.05, 0) is 41.0 Å². The second kappa shape index (κ2) is 6.94. The van der Waals surface area contributed by atoms with Crippen molar-refractivity contribution >= 4 is 11.8 Å². The minimum Gasteiger partial charge on any atom is -0.368 e. The maximum Gasteiger partial charge on any atom is 0.240 e. The van der Waals surface area contributed by atoms with Crippen LogP contribution in [0, 0.1) is 5.92 Å². The number of nitrogens with one attached hydrogen (secondary N) is 1. The van der Waals surface area contributed by atoms with Gasteiger partial charge in [0.05, 0.1) is 5.92 Å². The highest BCUT2D eigenvalue weighted by Crippen LogP contribution is 2.44. The van der Waals surface area contributed by atoms with E-state index < -0.39 is 11.9 Å². The summed E-state index contributed by atoms with van der Waals surface area (Å²) in [5.74, 6) is -0.786. The number of hydrogen-bond acceptors (Lipinski definition) is 2. The molecule has 26 heavy (non-hydrogen) atoms. The van der Waals surface area contributed by atoms with E-state index >= 15 is 0 Å². The molecule has 1 fully saturated rings. The first-order valence-corrected chi connectivity index (χ1v) is 9.44. The molecule has 4 heteroatoms. The molecule has 0 spiro atoms. The van der Waals surface area contributed by atoms with Gasteiger partial charge in [-0.15, -0.1) is 0 Å². The van der Waals surface area contributed by atoms with Gasteiger partial charge in [-0.2, -0.15) is 0 Å². The highest BCUT2D eigenvalue weighted by atomic mass is 16.2. The zero-order chi connectivity index (χ0) is 18.1. The number of rotatable bonds is 4. The predicted octanol–water partition coefficient (Wildman–Crippen LogP) is 3.35. The van der Waals surface area contributed by atoms with Crippen LogP contribution in [0.5, 0.6) is 0 Å². The Morgan fingerprint density at radius 1 is 0.885 bits per heavy atom. The van der Waals surface area contributed by atoms with Crippen LogP contribution in [0.2, 0.25) is 0 Å². The van der Waals surface area contributed by atoms with Crippen molar-refractivity contribution in [2.75, 3.05) is 0 Å². The van der Waals surface area contributed by atoms with E-state index in [4.69, 9.17) is 5.73 Å².